The summed E-state index contributed by atoms with van der Waals surface area (Å²) in [5, 5.41) is 6.26. The third-order valence-corrected chi connectivity index (χ3v) is 3.16. The van der Waals surface area contributed by atoms with Crippen molar-refractivity contribution in [1.29, 1.82) is 0 Å². The molecule has 5 heteroatoms. The molecule has 0 saturated carbocycles. The van der Waals surface area contributed by atoms with Crippen LogP contribution in [-0.2, 0) is 4.74 Å². The van der Waals surface area contributed by atoms with Gasteiger partial charge in [-0.05, 0) is 20.8 Å². The van der Waals surface area contributed by atoms with Crippen LogP contribution in [0.25, 0.3) is 0 Å². The molecule has 1 aliphatic heterocycles. The van der Waals surface area contributed by atoms with Crippen LogP contribution in [0.4, 0.5) is 0 Å². The van der Waals surface area contributed by atoms with Crippen molar-refractivity contribution in [3.05, 3.63) is 0 Å². The Bertz CT molecular complexity index is 333. The number of guanidine groups is 1. The number of nitrogens with one attached hydrogen (secondary N) is 2. The maximum atomic E-state index is 5.51. The predicted molar refractivity (Wildman–Crippen MR) is 79.3 cm³/mol. The van der Waals surface area contributed by atoms with Gasteiger partial charge >= 0.3 is 0 Å². The Morgan fingerprint density at radius 1 is 1.47 bits per heavy atom. The Hall–Kier alpha value is -1.25. The Balaban J connectivity index is 2.42. The zero-order valence-electron chi connectivity index (χ0n) is 12.3. The zero-order valence-corrected chi connectivity index (χ0v) is 12.3. The molecule has 19 heavy (non-hydrogen) atoms. The summed E-state index contributed by atoms with van der Waals surface area (Å²) in [6.45, 7) is 12.0. The van der Waals surface area contributed by atoms with Gasteiger partial charge in [0.1, 0.15) is 0 Å². The summed E-state index contributed by atoms with van der Waals surface area (Å²) in [5.74, 6) is 3.33. The Morgan fingerprint density at radius 2 is 2.26 bits per heavy atom. The monoisotopic (exact) mass is 266 g/mol. The molecule has 0 bridgehead atoms. The first-order chi connectivity index (χ1) is 9.10. The van der Waals surface area contributed by atoms with E-state index in [4.69, 9.17) is 11.2 Å². The summed E-state index contributed by atoms with van der Waals surface area (Å²) in [5.41, 5.74) is 0.0956. The number of terminal acetylenes is 1. The quantitative estimate of drug-likeness (QED) is 0.426. The molecule has 108 valence electrons. The van der Waals surface area contributed by atoms with E-state index in [0.29, 0.717) is 6.54 Å². The fourth-order valence-corrected chi connectivity index (χ4v) is 2.06. The van der Waals surface area contributed by atoms with Gasteiger partial charge in [-0.2, -0.15) is 0 Å². The van der Waals surface area contributed by atoms with E-state index in [1.54, 1.807) is 0 Å². The van der Waals surface area contributed by atoms with Crippen molar-refractivity contribution in [2.45, 2.75) is 26.3 Å². The molecule has 1 aliphatic rings. The molecule has 0 aromatic rings. The molecule has 1 saturated heterocycles. The SMILES string of the molecule is C#CCNC(=NCCN1CCOCC1(C)C)NCC. The fraction of sp³-hybridized carbons (Fsp3) is 0.786. The fourth-order valence-electron chi connectivity index (χ4n) is 2.06. The molecular formula is C14H26N4O. The van der Waals surface area contributed by atoms with Gasteiger partial charge in [0, 0.05) is 25.2 Å². The molecular weight excluding hydrogens is 240 g/mol. The van der Waals surface area contributed by atoms with Crippen molar-refractivity contribution in [3.63, 3.8) is 0 Å². The average Bonchev–Trinajstić information content (AvgIpc) is 2.37. The second-order valence-electron chi connectivity index (χ2n) is 5.17. The van der Waals surface area contributed by atoms with E-state index >= 15 is 0 Å². The van der Waals surface area contributed by atoms with E-state index in [9.17, 15) is 0 Å². The molecule has 0 radical (unpaired) electrons. The van der Waals surface area contributed by atoms with E-state index in [2.05, 4.69) is 40.3 Å². The lowest BCUT2D eigenvalue weighted by Crippen LogP contribution is -2.53. The number of hydrogen-bond donors (Lipinski definition) is 2. The zero-order chi connectivity index (χ0) is 14.1. The van der Waals surface area contributed by atoms with E-state index in [-0.39, 0.29) is 5.54 Å². The molecule has 1 rings (SSSR count). The summed E-state index contributed by atoms with van der Waals surface area (Å²) in [6, 6.07) is 0. The van der Waals surface area contributed by atoms with Crippen LogP contribution in [0.1, 0.15) is 20.8 Å². The summed E-state index contributed by atoms with van der Waals surface area (Å²) >= 11 is 0. The van der Waals surface area contributed by atoms with Crippen LogP contribution in [0, 0.1) is 12.3 Å². The average molecular weight is 266 g/mol. The van der Waals surface area contributed by atoms with Gasteiger partial charge in [-0.1, -0.05) is 5.92 Å². The molecule has 0 amide bonds. The molecule has 5 nitrogen and oxygen atoms in total. The van der Waals surface area contributed by atoms with Crippen LogP contribution in [-0.4, -0.2) is 62.3 Å². The van der Waals surface area contributed by atoms with Crippen LogP contribution in [0.2, 0.25) is 0 Å². The van der Waals surface area contributed by atoms with Crippen LogP contribution in [0.15, 0.2) is 4.99 Å². The molecule has 1 heterocycles. The molecule has 0 atom stereocenters. The second kappa shape index (κ2) is 8.03. The largest absolute Gasteiger partial charge is 0.378 e. The molecule has 0 spiro atoms. The first kappa shape index (κ1) is 15.8. The number of nitrogens with zero attached hydrogens (tertiary/aromatic N) is 2. The van der Waals surface area contributed by atoms with Crippen LogP contribution in [0.3, 0.4) is 0 Å². The smallest absolute Gasteiger partial charge is 0.192 e. The summed E-state index contributed by atoms with van der Waals surface area (Å²) < 4.78 is 5.51. The van der Waals surface area contributed by atoms with Crippen molar-refractivity contribution in [2.75, 3.05) is 45.9 Å². The van der Waals surface area contributed by atoms with Crippen molar-refractivity contribution in [2.24, 2.45) is 4.99 Å². The molecule has 0 unspecified atom stereocenters. The summed E-state index contributed by atoms with van der Waals surface area (Å²) in [4.78, 5) is 6.95. The maximum absolute atomic E-state index is 5.51. The van der Waals surface area contributed by atoms with Crippen molar-refractivity contribution >= 4 is 5.96 Å². The Labute approximate surface area is 116 Å². The lowest BCUT2D eigenvalue weighted by molar-refractivity contribution is -0.0491. The maximum Gasteiger partial charge on any atom is 0.192 e. The number of morpholine rings is 1. The van der Waals surface area contributed by atoms with Crippen molar-refractivity contribution < 1.29 is 4.74 Å². The lowest BCUT2D eigenvalue weighted by atomic mass is 10.0. The van der Waals surface area contributed by atoms with E-state index in [1.807, 2.05) is 6.92 Å². The standard InChI is InChI=1S/C14H26N4O/c1-5-7-16-13(15-6-2)17-8-9-18-10-11-19-12-14(18,3)4/h1H,6-12H2,2-4H3,(H2,15,16,17). The van der Waals surface area contributed by atoms with Crippen molar-refractivity contribution in [3.8, 4) is 12.3 Å². The Morgan fingerprint density at radius 3 is 2.89 bits per heavy atom. The van der Waals surface area contributed by atoms with Gasteiger partial charge in [0.05, 0.1) is 26.3 Å². The Kier molecular flexibility index (Phi) is 6.68. The highest BCUT2D eigenvalue weighted by Gasteiger charge is 2.29. The van der Waals surface area contributed by atoms with Gasteiger partial charge in [0.15, 0.2) is 5.96 Å². The molecule has 0 aromatic carbocycles. The van der Waals surface area contributed by atoms with Crippen LogP contribution < -0.4 is 10.6 Å². The summed E-state index contributed by atoms with van der Waals surface area (Å²) in [6.07, 6.45) is 5.24. The van der Waals surface area contributed by atoms with Crippen LogP contribution in [0.5, 0.6) is 0 Å². The molecule has 1 fully saturated rings. The third kappa shape index (κ3) is 5.50. The predicted octanol–water partition coefficient (Wildman–Crippen LogP) is 0.286. The number of ether oxygens (including phenoxy) is 1. The number of aliphatic imine (C=N–C) groups is 1. The van der Waals surface area contributed by atoms with Crippen LogP contribution >= 0.6 is 0 Å². The molecule has 0 aromatic heterocycles. The van der Waals surface area contributed by atoms with Gasteiger partial charge in [0.2, 0.25) is 0 Å². The normalized spacial score (nSPS) is 19.8. The van der Waals surface area contributed by atoms with Gasteiger partial charge in [-0.3, -0.25) is 9.89 Å². The van der Waals surface area contributed by atoms with E-state index < -0.39 is 0 Å². The van der Waals surface area contributed by atoms with Crippen molar-refractivity contribution in [1.82, 2.24) is 15.5 Å². The highest BCUT2D eigenvalue weighted by Crippen LogP contribution is 2.17. The highest BCUT2D eigenvalue weighted by atomic mass is 16.5. The lowest BCUT2D eigenvalue weighted by Gasteiger charge is -2.41. The second-order valence-corrected chi connectivity index (χ2v) is 5.17. The minimum Gasteiger partial charge on any atom is -0.378 e. The first-order valence-corrected chi connectivity index (χ1v) is 6.88. The van der Waals surface area contributed by atoms with E-state index in [0.717, 1.165) is 45.4 Å². The van der Waals surface area contributed by atoms with Gasteiger partial charge in [-0.25, -0.2) is 0 Å². The number of hydrogen-bond acceptors (Lipinski definition) is 3. The minimum absolute atomic E-state index is 0.0956. The molecule has 2 N–H and O–H groups in total. The van der Waals surface area contributed by atoms with E-state index in [1.165, 1.54) is 0 Å². The minimum atomic E-state index is 0.0956. The summed E-state index contributed by atoms with van der Waals surface area (Å²) in [7, 11) is 0. The first-order valence-electron chi connectivity index (χ1n) is 6.88. The van der Waals surface area contributed by atoms with Gasteiger partial charge in [0.25, 0.3) is 0 Å². The number of rotatable bonds is 5. The van der Waals surface area contributed by atoms with Gasteiger partial charge < -0.3 is 15.4 Å². The third-order valence-electron chi connectivity index (χ3n) is 3.16. The topological polar surface area (TPSA) is 48.9 Å². The highest BCUT2D eigenvalue weighted by molar-refractivity contribution is 5.79. The van der Waals surface area contributed by atoms with Gasteiger partial charge in [-0.15, -0.1) is 6.42 Å². The molecule has 0 aliphatic carbocycles.